The molecule has 0 aliphatic carbocycles. The van der Waals surface area contributed by atoms with Crippen molar-refractivity contribution >= 4 is 28.5 Å². The van der Waals surface area contributed by atoms with E-state index in [9.17, 15) is 13.2 Å². The number of nitrogens with two attached hydrogens (primary N) is 2. The number of nitrogens with zero attached hydrogens (tertiary/aromatic N) is 2. The molecular weight excluding hydrogens is 316 g/mol. The van der Waals surface area contributed by atoms with Crippen molar-refractivity contribution in [2.24, 2.45) is 10.9 Å². The zero-order valence-electron chi connectivity index (χ0n) is 11.4. The number of hydrogen-bond acceptors (Lipinski definition) is 4. The highest BCUT2D eigenvalue weighted by atomic mass is 35.5. The van der Waals surface area contributed by atoms with Gasteiger partial charge in [0, 0.05) is 26.2 Å². The van der Waals surface area contributed by atoms with Crippen LogP contribution in [0.15, 0.2) is 30.3 Å². The van der Waals surface area contributed by atoms with Crippen molar-refractivity contribution in [2.75, 3.05) is 26.2 Å². The number of carbonyl (C=O) groups excluding carboxylic acids is 1. The molecule has 0 spiro atoms. The Hall–Kier alpha value is -1.19. The van der Waals surface area contributed by atoms with E-state index < -0.39 is 16.3 Å². The molecule has 1 aliphatic heterocycles. The summed E-state index contributed by atoms with van der Waals surface area (Å²) >= 11 is 0. The molecule has 4 N–H and O–H groups in total. The Labute approximate surface area is 130 Å². The van der Waals surface area contributed by atoms with Crippen molar-refractivity contribution < 1.29 is 13.2 Å². The van der Waals surface area contributed by atoms with E-state index >= 15 is 0 Å². The van der Waals surface area contributed by atoms with Crippen molar-refractivity contribution in [3.05, 3.63) is 35.9 Å². The van der Waals surface area contributed by atoms with Crippen molar-refractivity contribution in [3.63, 3.8) is 0 Å². The van der Waals surface area contributed by atoms with Gasteiger partial charge in [-0.3, -0.25) is 4.79 Å². The van der Waals surface area contributed by atoms with Crippen LogP contribution in [0.3, 0.4) is 0 Å². The molecule has 0 radical (unpaired) electrons. The first-order valence-electron chi connectivity index (χ1n) is 6.27. The fourth-order valence-corrected chi connectivity index (χ4v) is 2.83. The number of carbonyl (C=O) groups is 1. The van der Waals surface area contributed by atoms with Crippen LogP contribution in [0.2, 0.25) is 0 Å². The maximum Gasteiger partial charge on any atom is 0.277 e. The number of halogens is 1. The molecule has 1 aliphatic rings. The molecular formula is C12H19ClN4O3S. The van der Waals surface area contributed by atoms with Crippen molar-refractivity contribution in [2.45, 2.75) is 6.04 Å². The molecule has 0 bridgehead atoms. The Morgan fingerprint density at radius 2 is 1.62 bits per heavy atom. The fourth-order valence-electron chi connectivity index (χ4n) is 2.16. The van der Waals surface area contributed by atoms with Gasteiger partial charge in [0.25, 0.3) is 10.2 Å². The van der Waals surface area contributed by atoms with Crippen LogP contribution in [0.25, 0.3) is 0 Å². The van der Waals surface area contributed by atoms with Crippen molar-refractivity contribution in [1.82, 2.24) is 9.21 Å². The maximum absolute atomic E-state index is 12.3. The average Bonchev–Trinajstić information content (AvgIpc) is 2.46. The third kappa shape index (κ3) is 4.39. The van der Waals surface area contributed by atoms with Gasteiger partial charge in [-0.1, -0.05) is 30.3 Å². The van der Waals surface area contributed by atoms with Gasteiger partial charge in [0.15, 0.2) is 0 Å². The normalized spacial score (nSPS) is 17.9. The Morgan fingerprint density at radius 1 is 1.10 bits per heavy atom. The predicted octanol–water partition coefficient (Wildman–Crippen LogP) is -0.544. The highest BCUT2D eigenvalue weighted by molar-refractivity contribution is 7.86. The van der Waals surface area contributed by atoms with E-state index in [-0.39, 0.29) is 31.4 Å². The predicted molar refractivity (Wildman–Crippen MR) is 81.9 cm³/mol. The summed E-state index contributed by atoms with van der Waals surface area (Å²) in [7, 11) is -3.68. The molecule has 9 heteroatoms. The SMILES string of the molecule is Cl.NC(C(=O)N1CCN(S(N)(=O)=O)CC1)c1ccccc1. The third-order valence-corrected chi connectivity index (χ3v) is 4.42. The Bertz CT molecular complexity index is 573. The van der Waals surface area contributed by atoms with Gasteiger partial charge < -0.3 is 10.6 Å². The lowest BCUT2D eigenvalue weighted by Crippen LogP contribution is -2.53. The molecule has 1 amide bonds. The summed E-state index contributed by atoms with van der Waals surface area (Å²) in [6.07, 6.45) is 0. The molecule has 1 atom stereocenters. The molecule has 21 heavy (non-hydrogen) atoms. The first-order valence-corrected chi connectivity index (χ1v) is 7.77. The van der Waals surface area contributed by atoms with Gasteiger partial charge >= 0.3 is 0 Å². The highest BCUT2D eigenvalue weighted by Crippen LogP contribution is 2.14. The standard InChI is InChI=1S/C12H18N4O3S.ClH/c13-11(10-4-2-1-3-5-10)12(17)15-6-8-16(9-7-15)20(14,18)19;/h1-5,11H,6-9,13H2,(H2,14,18,19);1H. The smallest absolute Gasteiger partial charge is 0.277 e. The minimum atomic E-state index is -3.68. The lowest BCUT2D eigenvalue weighted by molar-refractivity contribution is -0.133. The van der Waals surface area contributed by atoms with E-state index in [1.54, 1.807) is 17.0 Å². The maximum atomic E-state index is 12.3. The van der Waals surface area contributed by atoms with E-state index in [4.69, 9.17) is 10.9 Å². The molecule has 118 valence electrons. The number of rotatable bonds is 3. The van der Waals surface area contributed by atoms with Crippen molar-refractivity contribution in [1.29, 1.82) is 0 Å². The van der Waals surface area contributed by atoms with Gasteiger partial charge in [-0.2, -0.15) is 12.7 Å². The van der Waals surface area contributed by atoms with Crippen LogP contribution >= 0.6 is 12.4 Å². The van der Waals surface area contributed by atoms with Gasteiger partial charge in [-0.25, -0.2) is 5.14 Å². The minimum absolute atomic E-state index is 0. The Morgan fingerprint density at radius 3 is 2.10 bits per heavy atom. The molecule has 2 rings (SSSR count). The second-order valence-corrected chi connectivity index (χ2v) is 6.20. The molecule has 0 saturated carbocycles. The van der Waals surface area contributed by atoms with Gasteiger partial charge in [-0.15, -0.1) is 12.4 Å². The van der Waals surface area contributed by atoms with Gasteiger partial charge in [0.05, 0.1) is 0 Å². The van der Waals surface area contributed by atoms with E-state index in [1.165, 1.54) is 0 Å². The summed E-state index contributed by atoms with van der Waals surface area (Å²) < 4.78 is 23.5. The van der Waals surface area contributed by atoms with Crippen LogP contribution in [0.4, 0.5) is 0 Å². The van der Waals surface area contributed by atoms with Crippen LogP contribution in [-0.2, 0) is 15.0 Å². The van der Waals surface area contributed by atoms with Crippen LogP contribution in [-0.4, -0.2) is 49.7 Å². The summed E-state index contributed by atoms with van der Waals surface area (Å²) in [5, 5.41) is 5.05. The van der Waals surface area contributed by atoms with Crippen LogP contribution in [0.1, 0.15) is 11.6 Å². The molecule has 1 heterocycles. The monoisotopic (exact) mass is 334 g/mol. The molecule has 7 nitrogen and oxygen atoms in total. The quantitative estimate of drug-likeness (QED) is 0.773. The third-order valence-electron chi connectivity index (χ3n) is 3.33. The van der Waals surface area contributed by atoms with E-state index in [0.29, 0.717) is 13.1 Å². The number of benzene rings is 1. The van der Waals surface area contributed by atoms with Crippen LogP contribution in [0, 0.1) is 0 Å². The zero-order chi connectivity index (χ0) is 14.8. The fraction of sp³-hybridized carbons (Fsp3) is 0.417. The first kappa shape index (κ1) is 17.9. The molecule has 1 aromatic carbocycles. The van der Waals surface area contributed by atoms with E-state index in [0.717, 1.165) is 9.87 Å². The molecule has 1 aromatic rings. The second kappa shape index (κ2) is 7.19. The number of amides is 1. The van der Waals surface area contributed by atoms with Crippen LogP contribution in [0.5, 0.6) is 0 Å². The lowest BCUT2D eigenvalue weighted by Gasteiger charge is -2.34. The number of piperazine rings is 1. The number of hydrogen-bond donors (Lipinski definition) is 2. The topological polar surface area (TPSA) is 110 Å². The first-order chi connectivity index (χ1) is 9.39. The van der Waals surface area contributed by atoms with Gasteiger partial charge in [-0.05, 0) is 5.56 Å². The van der Waals surface area contributed by atoms with Gasteiger partial charge in [0.1, 0.15) is 6.04 Å². The van der Waals surface area contributed by atoms with Crippen molar-refractivity contribution in [3.8, 4) is 0 Å². The van der Waals surface area contributed by atoms with Crippen LogP contribution < -0.4 is 10.9 Å². The molecule has 0 aromatic heterocycles. The summed E-state index contributed by atoms with van der Waals surface area (Å²) in [5.41, 5.74) is 6.68. The average molecular weight is 335 g/mol. The second-order valence-electron chi connectivity index (χ2n) is 4.66. The zero-order valence-corrected chi connectivity index (χ0v) is 13.0. The summed E-state index contributed by atoms with van der Waals surface area (Å²) in [6, 6.07) is 8.36. The summed E-state index contributed by atoms with van der Waals surface area (Å²) in [5.74, 6) is -0.203. The van der Waals surface area contributed by atoms with E-state index in [2.05, 4.69) is 0 Å². The molecule has 1 unspecified atom stereocenters. The summed E-state index contributed by atoms with van der Waals surface area (Å²) in [4.78, 5) is 13.8. The van der Waals surface area contributed by atoms with E-state index in [1.807, 2.05) is 18.2 Å². The molecule has 1 saturated heterocycles. The Kier molecular flexibility index (Phi) is 6.11. The Balaban J connectivity index is 0.00000220. The highest BCUT2D eigenvalue weighted by Gasteiger charge is 2.29. The van der Waals surface area contributed by atoms with Gasteiger partial charge in [0.2, 0.25) is 5.91 Å². The summed E-state index contributed by atoms with van der Waals surface area (Å²) in [6.45, 7) is 1.00. The lowest BCUT2D eigenvalue weighted by atomic mass is 10.1. The largest absolute Gasteiger partial charge is 0.338 e. The molecule has 1 fully saturated rings. The minimum Gasteiger partial charge on any atom is -0.338 e.